The molecule has 1 heterocycles. The minimum atomic E-state index is -0.444. The number of hydrogen-bond acceptors (Lipinski definition) is 3. The normalized spacial score (nSPS) is 10.2. The van der Waals surface area contributed by atoms with Crippen LogP contribution in [-0.4, -0.2) is 15.9 Å². The number of anilines is 1. The van der Waals surface area contributed by atoms with Gasteiger partial charge in [0.2, 0.25) is 5.28 Å². The van der Waals surface area contributed by atoms with Crippen LogP contribution in [0.1, 0.15) is 10.4 Å². The molecule has 0 atom stereocenters. The van der Waals surface area contributed by atoms with E-state index in [1.54, 1.807) is 0 Å². The van der Waals surface area contributed by atoms with Crippen molar-refractivity contribution >= 4 is 34.9 Å². The molecule has 0 saturated carbocycles. The highest BCUT2D eigenvalue weighted by Crippen LogP contribution is 2.15. The molecule has 0 radical (unpaired) electrons. The lowest BCUT2D eigenvalue weighted by Crippen LogP contribution is -2.13. The smallest absolute Gasteiger partial charge is 0.256 e. The van der Waals surface area contributed by atoms with Gasteiger partial charge in [-0.05, 0) is 35.9 Å². The SMILES string of the molecule is O=C(Nc1cc(Cl)nc(Cl)n1)c1ccc(F)cc1. The Bertz CT molecular complexity index is 569. The van der Waals surface area contributed by atoms with E-state index >= 15 is 0 Å². The largest absolute Gasteiger partial charge is 0.306 e. The lowest BCUT2D eigenvalue weighted by atomic mass is 10.2. The maximum atomic E-state index is 12.7. The molecule has 0 spiro atoms. The summed E-state index contributed by atoms with van der Waals surface area (Å²) in [5.41, 5.74) is 0.294. The summed E-state index contributed by atoms with van der Waals surface area (Å²) in [5, 5.41) is 2.52. The molecule has 0 saturated heterocycles. The highest BCUT2D eigenvalue weighted by molar-refractivity contribution is 6.32. The van der Waals surface area contributed by atoms with E-state index in [0.29, 0.717) is 5.56 Å². The Labute approximate surface area is 112 Å². The van der Waals surface area contributed by atoms with Crippen LogP contribution in [0.4, 0.5) is 10.2 Å². The Morgan fingerprint density at radius 3 is 2.44 bits per heavy atom. The third kappa shape index (κ3) is 3.15. The lowest BCUT2D eigenvalue weighted by Gasteiger charge is -2.04. The van der Waals surface area contributed by atoms with E-state index in [-0.39, 0.29) is 16.3 Å². The number of amides is 1. The summed E-state index contributed by atoms with van der Waals surface area (Å²) in [6, 6.07) is 6.45. The van der Waals surface area contributed by atoms with Gasteiger partial charge < -0.3 is 5.32 Å². The quantitative estimate of drug-likeness (QED) is 0.681. The molecular formula is C11H6Cl2FN3O. The van der Waals surface area contributed by atoms with E-state index in [1.165, 1.54) is 30.3 Å². The first kappa shape index (κ1) is 12.7. The van der Waals surface area contributed by atoms with Crippen molar-refractivity contribution in [1.29, 1.82) is 0 Å². The molecule has 0 bridgehead atoms. The Morgan fingerprint density at radius 2 is 1.83 bits per heavy atom. The number of halogens is 3. The van der Waals surface area contributed by atoms with Crippen molar-refractivity contribution < 1.29 is 9.18 Å². The first-order valence-electron chi connectivity index (χ1n) is 4.81. The number of rotatable bonds is 2. The Hall–Kier alpha value is -1.72. The number of nitrogens with one attached hydrogen (secondary N) is 1. The van der Waals surface area contributed by atoms with Gasteiger partial charge in [0.25, 0.3) is 5.91 Å². The van der Waals surface area contributed by atoms with Crippen LogP contribution in [0.5, 0.6) is 0 Å². The highest BCUT2D eigenvalue weighted by Gasteiger charge is 2.08. The number of carbonyl (C=O) groups is 1. The maximum Gasteiger partial charge on any atom is 0.256 e. The summed E-state index contributed by atoms with van der Waals surface area (Å²) in [6.07, 6.45) is 0. The fourth-order valence-corrected chi connectivity index (χ4v) is 1.65. The maximum absolute atomic E-state index is 12.7. The molecule has 18 heavy (non-hydrogen) atoms. The topological polar surface area (TPSA) is 54.9 Å². The van der Waals surface area contributed by atoms with Gasteiger partial charge in [-0.1, -0.05) is 11.6 Å². The number of hydrogen-bond donors (Lipinski definition) is 1. The van der Waals surface area contributed by atoms with E-state index < -0.39 is 11.7 Å². The number of aromatic nitrogens is 2. The van der Waals surface area contributed by atoms with Crippen LogP contribution in [0.15, 0.2) is 30.3 Å². The molecule has 1 N–H and O–H groups in total. The van der Waals surface area contributed by atoms with Crippen molar-refractivity contribution in [2.75, 3.05) is 5.32 Å². The van der Waals surface area contributed by atoms with Gasteiger partial charge in [0.15, 0.2) is 0 Å². The molecule has 0 aliphatic rings. The molecule has 4 nitrogen and oxygen atoms in total. The van der Waals surface area contributed by atoms with Gasteiger partial charge in [-0.2, -0.15) is 0 Å². The second-order valence-electron chi connectivity index (χ2n) is 3.31. The third-order valence-corrected chi connectivity index (χ3v) is 2.38. The molecule has 0 unspecified atom stereocenters. The Morgan fingerprint density at radius 1 is 1.17 bits per heavy atom. The molecule has 1 aromatic carbocycles. The molecule has 2 aromatic rings. The standard InChI is InChI=1S/C11H6Cl2FN3O/c12-8-5-9(17-11(13)15-8)16-10(18)6-1-3-7(14)4-2-6/h1-5H,(H,15,16,17,18). The summed E-state index contributed by atoms with van der Waals surface area (Å²) in [7, 11) is 0. The van der Waals surface area contributed by atoms with E-state index in [1.807, 2.05) is 0 Å². The lowest BCUT2D eigenvalue weighted by molar-refractivity contribution is 0.102. The van der Waals surface area contributed by atoms with Gasteiger partial charge in [0, 0.05) is 11.6 Å². The molecule has 0 aliphatic heterocycles. The highest BCUT2D eigenvalue weighted by atomic mass is 35.5. The number of nitrogens with zero attached hydrogens (tertiary/aromatic N) is 2. The van der Waals surface area contributed by atoms with Crippen LogP contribution < -0.4 is 5.32 Å². The van der Waals surface area contributed by atoms with Gasteiger partial charge in [0.05, 0.1) is 0 Å². The molecule has 0 aliphatic carbocycles. The predicted octanol–water partition coefficient (Wildman–Crippen LogP) is 3.17. The second-order valence-corrected chi connectivity index (χ2v) is 4.03. The van der Waals surface area contributed by atoms with Gasteiger partial charge in [-0.15, -0.1) is 0 Å². The van der Waals surface area contributed by atoms with E-state index in [0.717, 1.165) is 0 Å². The first-order chi connectivity index (χ1) is 8.54. The van der Waals surface area contributed by atoms with Crippen molar-refractivity contribution in [2.45, 2.75) is 0 Å². The number of carbonyl (C=O) groups excluding carboxylic acids is 1. The summed E-state index contributed by atoms with van der Waals surface area (Å²) in [5.74, 6) is -0.685. The second kappa shape index (κ2) is 5.29. The van der Waals surface area contributed by atoms with Crippen molar-refractivity contribution in [3.05, 3.63) is 52.1 Å². The molecule has 1 amide bonds. The molecule has 7 heteroatoms. The van der Waals surface area contributed by atoms with Gasteiger partial charge >= 0.3 is 0 Å². The van der Waals surface area contributed by atoms with Crippen LogP contribution in [0, 0.1) is 5.82 Å². The fourth-order valence-electron chi connectivity index (χ4n) is 1.24. The summed E-state index contributed by atoms with van der Waals surface area (Å²) >= 11 is 11.3. The fraction of sp³-hybridized carbons (Fsp3) is 0. The summed E-state index contributed by atoms with van der Waals surface area (Å²) in [4.78, 5) is 19.2. The molecule has 0 fully saturated rings. The van der Waals surface area contributed by atoms with E-state index in [9.17, 15) is 9.18 Å². The minimum Gasteiger partial charge on any atom is -0.306 e. The zero-order chi connectivity index (χ0) is 13.1. The van der Waals surface area contributed by atoms with Crippen LogP contribution in [0.2, 0.25) is 10.4 Å². The van der Waals surface area contributed by atoms with Gasteiger partial charge in [0.1, 0.15) is 16.8 Å². The van der Waals surface area contributed by atoms with Crippen LogP contribution >= 0.6 is 23.2 Å². The molecule has 92 valence electrons. The van der Waals surface area contributed by atoms with Crippen LogP contribution in [0.25, 0.3) is 0 Å². The average molecular weight is 286 g/mol. The first-order valence-corrected chi connectivity index (χ1v) is 5.57. The van der Waals surface area contributed by atoms with Crippen molar-refractivity contribution in [2.24, 2.45) is 0 Å². The third-order valence-electron chi connectivity index (χ3n) is 2.02. The summed E-state index contributed by atoms with van der Waals surface area (Å²) < 4.78 is 12.7. The molecule has 2 rings (SSSR count). The molecular weight excluding hydrogens is 280 g/mol. The Balaban J connectivity index is 2.18. The van der Waals surface area contributed by atoms with Gasteiger partial charge in [-0.3, -0.25) is 4.79 Å². The predicted molar refractivity (Wildman–Crippen MR) is 66.4 cm³/mol. The monoisotopic (exact) mass is 285 g/mol. The minimum absolute atomic E-state index is 0.0723. The summed E-state index contributed by atoms with van der Waals surface area (Å²) in [6.45, 7) is 0. The van der Waals surface area contributed by atoms with E-state index in [2.05, 4.69) is 15.3 Å². The van der Waals surface area contributed by atoms with Crippen LogP contribution in [-0.2, 0) is 0 Å². The number of benzene rings is 1. The van der Waals surface area contributed by atoms with Crippen LogP contribution in [0.3, 0.4) is 0 Å². The van der Waals surface area contributed by atoms with E-state index in [4.69, 9.17) is 23.2 Å². The molecule has 1 aromatic heterocycles. The van der Waals surface area contributed by atoms with Crippen molar-refractivity contribution in [1.82, 2.24) is 9.97 Å². The Kier molecular flexibility index (Phi) is 3.74. The van der Waals surface area contributed by atoms with Crippen molar-refractivity contribution in [3.8, 4) is 0 Å². The van der Waals surface area contributed by atoms with Crippen molar-refractivity contribution in [3.63, 3.8) is 0 Å². The van der Waals surface area contributed by atoms with Gasteiger partial charge in [-0.25, -0.2) is 14.4 Å². The average Bonchev–Trinajstić information content (AvgIpc) is 2.28. The zero-order valence-corrected chi connectivity index (χ0v) is 10.3. The zero-order valence-electron chi connectivity index (χ0n) is 8.82.